The Balaban J connectivity index is 1.67. The van der Waals surface area contributed by atoms with Crippen LogP contribution in [0.1, 0.15) is 38.2 Å². The maximum atomic E-state index is 12.6. The van der Waals surface area contributed by atoms with Crippen LogP contribution in [0.4, 0.5) is 0 Å². The number of hydrogen-bond acceptors (Lipinski definition) is 6. The van der Waals surface area contributed by atoms with Crippen molar-refractivity contribution in [3.63, 3.8) is 0 Å². The van der Waals surface area contributed by atoms with Gasteiger partial charge in [0.15, 0.2) is 11.0 Å². The van der Waals surface area contributed by atoms with E-state index in [1.165, 1.54) is 6.07 Å². The van der Waals surface area contributed by atoms with Gasteiger partial charge in [0.2, 0.25) is 5.78 Å². The number of esters is 1. The second kappa shape index (κ2) is 11.0. The molecule has 0 bridgehead atoms. The van der Waals surface area contributed by atoms with Crippen molar-refractivity contribution in [2.24, 2.45) is 0 Å². The molecule has 0 atom stereocenters. The van der Waals surface area contributed by atoms with Gasteiger partial charge in [0.05, 0.1) is 29.2 Å². The fourth-order valence-electron chi connectivity index (χ4n) is 3.29. The Morgan fingerprint density at radius 3 is 2.66 bits per heavy atom. The predicted molar refractivity (Wildman–Crippen MR) is 123 cm³/mol. The summed E-state index contributed by atoms with van der Waals surface area (Å²) in [6.45, 7) is 4.23. The molecule has 0 saturated carbocycles. The zero-order valence-electron chi connectivity index (χ0n) is 18.1. The second-order valence-corrected chi connectivity index (χ2v) is 7.80. The first kappa shape index (κ1) is 23.5. The molecule has 1 heterocycles. The lowest BCUT2D eigenvalue weighted by molar-refractivity contribution is -0.153. The van der Waals surface area contributed by atoms with E-state index < -0.39 is 11.8 Å². The molecule has 0 unspecified atom stereocenters. The van der Waals surface area contributed by atoms with Crippen molar-refractivity contribution >= 4 is 34.3 Å². The van der Waals surface area contributed by atoms with E-state index in [2.05, 4.69) is 0 Å². The van der Waals surface area contributed by atoms with Crippen LogP contribution >= 0.6 is 11.6 Å². The van der Waals surface area contributed by atoms with Crippen molar-refractivity contribution in [2.45, 2.75) is 39.5 Å². The minimum absolute atomic E-state index is 0.164. The number of ketones is 1. The number of halogens is 1. The molecule has 168 valence electrons. The van der Waals surface area contributed by atoms with Crippen LogP contribution in [0.25, 0.3) is 22.3 Å². The summed E-state index contributed by atoms with van der Waals surface area (Å²) in [4.78, 5) is 35.5. The smallest absolute Gasteiger partial charge is 0.374 e. The zero-order valence-corrected chi connectivity index (χ0v) is 18.9. The molecule has 1 aromatic heterocycles. The molecular formula is C25H25ClO6. The number of carbonyl (C=O) groups is 2. The zero-order chi connectivity index (χ0) is 23.1. The minimum atomic E-state index is -0.773. The van der Waals surface area contributed by atoms with Crippen molar-refractivity contribution in [3.8, 4) is 17.1 Å². The lowest BCUT2D eigenvalue weighted by Crippen LogP contribution is -2.16. The molecular weight excluding hydrogens is 432 g/mol. The largest absolute Gasteiger partial charge is 0.493 e. The van der Waals surface area contributed by atoms with Crippen LogP contribution in [0, 0.1) is 6.92 Å². The van der Waals surface area contributed by atoms with E-state index in [1.807, 2.05) is 25.1 Å². The van der Waals surface area contributed by atoms with Gasteiger partial charge in [-0.2, -0.15) is 0 Å². The van der Waals surface area contributed by atoms with Crippen LogP contribution in [0.5, 0.6) is 5.75 Å². The Kier molecular flexibility index (Phi) is 8.06. The molecule has 0 aliphatic carbocycles. The Bertz CT molecular complexity index is 1180. The summed E-state index contributed by atoms with van der Waals surface area (Å²) in [6.07, 6.45) is 2.18. The van der Waals surface area contributed by atoms with Crippen molar-refractivity contribution in [3.05, 3.63) is 63.3 Å². The number of para-hydroxylation sites is 1. The van der Waals surface area contributed by atoms with Crippen LogP contribution in [0.3, 0.4) is 0 Å². The Hall–Kier alpha value is -3.12. The fraction of sp³-hybridized carbons (Fsp3) is 0.320. The van der Waals surface area contributed by atoms with E-state index in [0.717, 1.165) is 12.0 Å². The molecule has 0 amide bonds. The number of Topliss-reactive ketones (excluding diaryl/α,β-unsaturated/α-hetero) is 1. The number of hydrogen-bond donors (Lipinski definition) is 0. The molecule has 0 spiro atoms. The van der Waals surface area contributed by atoms with Crippen molar-refractivity contribution < 1.29 is 23.5 Å². The highest BCUT2D eigenvalue weighted by molar-refractivity contribution is 6.34. The molecule has 0 aliphatic rings. The summed E-state index contributed by atoms with van der Waals surface area (Å²) in [5, 5.41) is 0.793. The first-order chi connectivity index (χ1) is 15.4. The van der Waals surface area contributed by atoms with Crippen molar-refractivity contribution in [1.29, 1.82) is 0 Å². The molecule has 0 radical (unpaired) electrons. The lowest BCUT2D eigenvalue weighted by Gasteiger charge is -2.13. The molecule has 6 nitrogen and oxygen atoms in total. The summed E-state index contributed by atoms with van der Waals surface area (Å²) in [5.41, 5.74) is 1.83. The number of aryl methyl sites for hydroxylation is 1. The van der Waals surface area contributed by atoms with Crippen LogP contribution in [-0.4, -0.2) is 25.0 Å². The van der Waals surface area contributed by atoms with Gasteiger partial charge in [-0.05, 0) is 62.9 Å². The number of carbonyl (C=O) groups excluding carboxylic acids is 2. The second-order valence-electron chi connectivity index (χ2n) is 7.39. The van der Waals surface area contributed by atoms with Crippen molar-refractivity contribution in [1.82, 2.24) is 0 Å². The first-order valence-corrected chi connectivity index (χ1v) is 10.9. The van der Waals surface area contributed by atoms with Crippen molar-refractivity contribution in [2.75, 3.05) is 13.2 Å². The van der Waals surface area contributed by atoms with E-state index in [9.17, 15) is 14.4 Å². The van der Waals surface area contributed by atoms with Gasteiger partial charge in [0.1, 0.15) is 11.5 Å². The third kappa shape index (κ3) is 5.77. The minimum Gasteiger partial charge on any atom is -0.493 e. The van der Waals surface area contributed by atoms with Gasteiger partial charge in [-0.25, -0.2) is 4.79 Å². The molecule has 3 rings (SSSR count). The highest BCUT2D eigenvalue weighted by atomic mass is 35.5. The van der Waals surface area contributed by atoms with Gasteiger partial charge >= 0.3 is 5.97 Å². The summed E-state index contributed by atoms with van der Waals surface area (Å²) >= 11 is 6.23. The lowest BCUT2D eigenvalue weighted by atomic mass is 10.1. The number of benzene rings is 2. The van der Waals surface area contributed by atoms with Gasteiger partial charge in [-0.15, -0.1) is 0 Å². The predicted octanol–water partition coefficient (Wildman–Crippen LogP) is 5.49. The van der Waals surface area contributed by atoms with E-state index in [1.54, 1.807) is 25.1 Å². The molecule has 0 saturated heterocycles. The van der Waals surface area contributed by atoms with Gasteiger partial charge in [0.25, 0.3) is 0 Å². The molecule has 0 aliphatic heterocycles. The number of rotatable bonds is 10. The molecule has 3 aromatic rings. The number of fused-ring (bicyclic) bond motifs is 1. The average Bonchev–Trinajstić information content (AvgIpc) is 2.77. The Morgan fingerprint density at radius 1 is 1.06 bits per heavy atom. The van der Waals surface area contributed by atoms with Gasteiger partial charge in [0, 0.05) is 12.5 Å². The van der Waals surface area contributed by atoms with Gasteiger partial charge in [-0.3, -0.25) is 9.59 Å². The number of ether oxygens (including phenoxy) is 2. The normalized spacial score (nSPS) is 10.8. The maximum Gasteiger partial charge on any atom is 0.374 e. The standard InChI is InChI=1S/C25H25ClO6/c1-3-30-25(29)20(27)10-5-4-6-13-31-22-14-16(2)11-12-18(22)23-15-21(28)17-8-7-9-19(26)24(17)32-23/h7-9,11-12,14-15H,3-6,10,13H2,1-2H3. The van der Waals surface area contributed by atoms with Gasteiger partial charge < -0.3 is 13.9 Å². The van der Waals surface area contributed by atoms with E-state index in [4.69, 9.17) is 25.5 Å². The summed E-state index contributed by atoms with van der Waals surface area (Å²) in [6, 6.07) is 12.2. The molecule has 0 N–H and O–H groups in total. The van der Waals surface area contributed by atoms with Crippen LogP contribution in [-0.2, 0) is 14.3 Å². The molecule has 32 heavy (non-hydrogen) atoms. The summed E-state index contributed by atoms with van der Waals surface area (Å²) < 4.78 is 16.6. The monoisotopic (exact) mass is 456 g/mol. The first-order valence-electron chi connectivity index (χ1n) is 10.6. The summed E-state index contributed by atoms with van der Waals surface area (Å²) in [7, 11) is 0. The molecule has 0 fully saturated rings. The quantitative estimate of drug-likeness (QED) is 0.228. The highest BCUT2D eigenvalue weighted by Gasteiger charge is 2.15. The van der Waals surface area contributed by atoms with Gasteiger partial charge in [-0.1, -0.05) is 23.7 Å². The van der Waals surface area contributed by atoms with Crippen LogP contribution < -0.4 is 10.2 Å². The SMILES string of the molecule is CCOC(=O)C(=O)CCCCCOc1cc(C)ccc1-c1cc(=O)c2cccc(Cl)c2o1. The van der Waals surface area contributed by atoms with Crippen LogP contribution in [0.2, 0.25) is 5.02 Å². The fourth-order valence-corrected chi connectivity index (χ4v) is 3.50. The Labute approximate surface area is 191 Å². The maximum absolute atomic E-state index is 12.6. The third-order valence-electron chi connectivity index (χ3n) is 4.92. The van der Waals surface area contributed by atoms with E-state index in [-0.39, 0.29) is 18.5 Å². The molecule has 7 heteroatoms. The topological polar surface area (TPSA) is 82.8 Å². The third-order valence-corrected chi connectivity index (χ3v) is 5.22. The summed E-state index contributed by atoms with van der Waals surface area (Å²) in [5.74, 6) is -0.295. The number of unbranched alkanes of at least 4 members (excludes halogenated alkanes) is 2. The van der Waals surface area contributed by atoms with E-state index >= 15 is 0 Å². The van der Waals surface area contributed by atoms with Crippen LogP contribution in [0.15, 0.2) is 51.7 Å². The highest BCUT2D eigenvalue weighted by Crippen LogP contribution is 2.33. The molecule has 2 aromatic carbocycles. The average molecular weight is 457 g/mol. The van der Waals surface area contributed by atoms with E-state index in [0.29, 0.717) is 52.5 Å². The Morgan fingerprint density at radius 2 is 1.88 bits per heavy atom.